The Morgan fingerprint density at radius 1 is 0.919 bits per heavy atom. The van der Waals surface area contributed by atoms with Gasteiger partial charge in [0.25, 0.3) is 0 Å². The van der Waals surface area contributed by atoms with Crippen LogP contribution in [0.1, 0.15) is 58.6 Å². The minimum absolute atomic E-state index is 0. The molecule has 3 aromatic rings. The molecular weight excluding hydrogens is 589 g/mol. The van der Waals surface area contributed by atoms with Crippen LogP contribution in [0.25, 0.3) is 21.9 Å². The van der Waals surface area contributed by atoms with Crippen LogP contribution in [0, 0.1) is 0 Å². The maximum absolute atomic E-state index is 4.42. The van der Waals surface area contributed by atoms with Crippen LogP contribution in [0.3, 0.4) is 0 Å². The van der Waals surface area contributed by atoms with E-state index in [2.05, 4.69) is 120 Å². The number of fused-ring (bicyclic) bond motifs is 1. The number of allylic oxidation sites excluding steroid dienone is 4. The van der Waals surface area contributed by atoms with Gasteiger partial charge in [-0.05, 0) is 51.4 Å². The third-order valence-corrected chi connectivity index (χ3v) is 11.5. The first kappa shape index (κ1) is 31.8. The third kappa shape index (κ3) is 5.40. The predicted molar refractivity (Wildman–Crippen MR) is 152 cm³/mol. The Bertz CT molecular complexity index is 1430. The van der Waals surface area contributed by atoms with E-state index >= 15 is 0 Å². The standard InChI is InChI=1S/C22H25.C10H11NSi.2ClH.Zr/c1-15(2)18-13-17-7-6-8-20(21(17)14-18)16-9-11-19(12-10-16)22(3,4)5;1-6-9-7-4-5-11-8(7)10(6)12(9,2)3;;;/h6-15H,1-5H3;4-5H,1-3H3;2*1H;/q-1;;;;+3/p-2. The second-order valence-electron chi connectivity index (χ2n) is 11.8. The second-order valence-corrected chi connectivity index (χ2v) is 16.0. The van der Waals surface area contributed by atoms with Crippen molar-refractivity contribution in [1.82, 2.24) is 0 Å². The SMILES string of the molecule is CC(C)c1cc2c(-c3ccc(C(C)(C)C)cc3)cccc2[cH-]1.CC1=C2C3=CC=NC3=C1[Si]2(C)C.[Cl-].[Cl-].[Zr+3]. The molecule has 1 nitrogen and oxygen atoms in total. The summed E-state index contributed by atoms with van der Waals surface area (Å²) in [6.07, 6.45) is 4.10. The molecule has 7 rings (SSSR count). The van der Waals surface area contributed by atoms with Gasteiger partial charge in [0.15, 0.2) is 0 Å². The van der Waals surface area contributed by atoms with Crippen molar-refractivity contribution in [3.05, 3.63) is 99.0 Å². The van der Waals surface area contributed by atoms with Gasteiger partial charge in [0, 0.05) is 11.8 Å². The average Bonchev–Trinajstić information content (AvgIpc) is 3.50. The molecular formula is C32H36Cl2NSiZr. The van der Waals surface area contributed by atoms with Crippen LogP contribution < -0.4 is 24.8 Å². The number of aliphatic imine (C=N–C) groups is 1. The summed E-state index contributed by atoms with van der Waals surface area (Å²) in [7, 11) is -1.13. The fraction of sp³-hybridized carbons (Fsp3) is 0.312. The second kappa shape index (κ2) is 11.4. The van der Waals surface area contributed by atoms with E-state index in [0.717, 1.165) is 0 Å². The van der Waals surface area contributed by atoms with Crippen LogP contribution >= 0.6 is 0 Å². The minimum Gasteiger partial charge on any atom is -1.00 e. The molecule has 0 aromatic heterocycles. The molecule has 0 atom stereocenters. The van der Waals surface area contributed by atoms with Crippen LogP contribution in [-0.4, -0.2) is 14.3 Å². The summed E-state index contributed by atoms with van der Waals surface area (Å²) in [5, 5.41) is 5.98. The van der Waals surface area contributed by atoms with Gasteiger partial charge in [0.05, 0.1) is 5.70 Å². The van der Waals surface area contributed by atoms with Crippen molar-refractivity contribution < 1.29 is 51.0 Å². The molecule has 0 N–H and O–H groups in total. The maximum Gasteiger partial charge on any atom is 3.00 e. The number of halogens is 2. The van der Waals surface area contributed by atoms with E-state index in [1.54, 1.807) is 10.4 Å². The normalized spacial score (nSPS) is 16.3. The van der Waals surface area contributed by atoms with E-state index in [1.807, 2.05) is 6.21 Å². The van der Waals surface area contributed by atoms with Crippen LogP contribution in [0.15, 0.2) is 92.9 Å². The molecule has 5 heteroatoms. The fourth-order valence-electron chi connectivity index (χ4n) is 5.87. The Balaban J connectivity index is 0.000000274. The molecule has 0 spiro atoms. The molecule has 0 amide bonds. The van der Waals surface area contributed by atoms with E-state index in [0.29, 0.717) is 5.92 Å². The first-order valence-corrected chi connectivity index (χ1v) is 15.5. The van der Waals surface area contributed by atoms with Crippen molar-refractivity contribution in [3.63, 3.8) is 0 Å². The van der Waals surface area contributed by atoms with Gasteiger partial charge in [-0.1, -0.05) is 83.6 Å². The summed E-state index contributed by atoms with van der Waals surface area (Å²) in [4.78, 5) is 4.42. The van der Waals surface area contributed by atoms with Crippen molar-refractivity contribution in [1.29, 1.82) is 0 Å². The Morgan fingerprint density at radius 2 is 1.57 bits per heavy atom. The summed E-state index contributed by atoms with van der Waals surface area (Å²) in [5.74, 6) is 0.573. The minimum atomic E-state index is -1.13. The van der Waals surface area contributed by atoms with E-state index < -0.39 is 8.07 Å². The van der Waals surface area contributed by atoms with Crippen molar-refractivity contribution >= 4 is 25.1 Å². The topological polar surface area (TPSA) is 12.4 Å². The fourth-order valence-corrected chi connectivity index (χ4v) is 9.72. The van der Waals surface area contributed by atoms with Crippen molar-refractivity contribution in [3.8, 4) is 11.1 Å². The van der Waals surface area contributed by atoms with Gasteiger partial charge in [0.1, 0.15) is 8.07 Å². The van der Waals surface area contributed by atoms with E-state index in [1.165, 1.54) is 49.9 Å². The van der Waals surface area contributed by atoms with Gasteiger partial charge in [-0.3, -0.25) is 4.99 Å². The quantitative estimate of drug-likeness (QED) is 0.307. The third-order valence-electron chi connectivity index (χ3n) is 7.71. The van der Waals surface area contributed by atoms with Crippen molar-refractivity contribution in [2.24, 2.45) is 4.99 Å². The first-order valence-electron chi connectivity index (χ1n) is 12.5. The smallest absolute Gasteiger partial charge is 1.00 e. The number of nitrogens with zero attached hydrogens (tertiary/aromatic N) is 1. The van der Waals surface area contributed by atoms with Gasteiger partial charge in [-0.25, -0.2) is 0 Å². The number of rotatable bonds is 2. The van der Waals surface area contributed by atoms with Gasteiger partial charge >= 0.3 is 26.2 Å². The van der Waals surface area contributed by atoms with Gasteiger partial charge < -0.3 is 24.8 Å². The average molecular weight is 625 g/mol. The summed E-state index contributed by atoms with van der Waals surface area (Å²) >= 11 is 0. The molecule has 3 aliphatic heterocycles. The molecule has 0 saturated heterocycles. The van der Waals surface area contributed by atoms with Crippen molar-refractivity contribution in [2.75, 3.05) is 0 Å². The number of hydrogen-bond acceptors (Lipinski definition) is 1. The molecule has 1 radical (unpaired) electrons. The van der Waals surface area contributed by atoms with E-state index in [-0.39, 0.29) is 56.4 Å². The van der Waals surface area contributed by atoms with Gasteiger partial charge in [-0.2, -0.15) is 6.07 Å². The largest absolute Gasteiger partial charge is 3.00 e. The Labute approximate surface area is 255 Å². The van der Waals surface area contributed by atoms with Crippen LogP contribution in [0.2, 0.25) is 13.1 Å². The summed E-state index contributed by atoms with van der Waals surface area (Å²) in [6.45, 7) is 18.4. The van der Waals surface area contributed by atoms with Crippen LogP contribution in [0.5, 0.6) is 0 Å². The monoisotopic (exact) mass is 622 g/mol. The molecule has 3 aromatic carbocycles. The number of hydrogen-bond donors (Lipinski definition) is 0. The van der Waals surface area contributed by atoms with Crippen LogP contribution in [0.4, 0.5) is 0 Å². The Kier molecular flexibility index (Phi) is 9.80. The summed E-state index contributed by atoms with van der Waals surface area (Å²) in [5.41, 5.74) is 9.94. The van der Waals surface area contributed by atoms with E-state index in [4.69, 9.17) is 0 Å². The molecule has 0 saturated carbocycles. The zero-order valence-corrected chi connectivity index (χ0v) is 28.1. The predicted octanol–water partition coefficient (Wildman–Crippen LogP) is 3.03. The molecule has 37 heavy (non-hydrogen) atoms. The Morgan fingerprint density at radius 3 is 2.11 bits per heavy atom. The summed E-state index contributed by atoms with van der Waals surface area (Å²) < 4.78 is 0. The number of benzene rings is 2. The Hall–Kier alpha value is -1.38. The molecule has 2 bridgehead atoms. The van der Waals surface area contributed by atoms with E-state index in [9.17, 15) is 0 Å². The van der Waals surface area contributed by atoms with Crippen molar-refractivity contribution in [2.45, 2.75) is 66.0 Å². The molecule has 191 valence electrons. The van der Waals surface area contributed by atoms with Crippen LogP contribution in [-0.2, 0) is 31.6 Å². The molecule has 0 fully saturated rings. The molecule has 4 aliphatic rings. The summed E-state index contributed by atoms with van der Waals surface area (Å²) in [6, 6.07) is 20.3. The molecule has 1 aliphatic carbocycles. The zero-order chi connectivity index (χ0) is 24.4. The zero-order valence-electron chi connectivity index (χ0n) is 23.1. The first-order chi connectivity index (χ1) is 16.0. The molecule has 0 unspecified atom stereocenters. The maximum atomic E-state index is 4.42. The van der Waals surface area contributed by atoms with Gasteiger partial charge in [-0.15, -0.1) is 34.5 Å². The molecule has 3 heterocycles. The van der Waals surface area contributed by atoms with Gasteiger partial charge in [0.2, 0.25) is 0 Å².